The molecule has 0 aliphatic heterocycles. The number of aromatic nitrogens is 4. The van der Waals surface area contributed by atoms with Gasteiger partial charge in [-0.3, -0.25) is 4.98 Å². The van der Waals surface area contributed by atoms with Gasteiger partial charge >= 0.3 is 0 Å². The lowest BCUT2D eigenvalue weighted by molar-refractivity contribution is 0.651. The molecule has 9 rings (SSSR count). The monoisotopic (exact) mass is 500 g/mol. The third-order valence-electron chi connectivity index (χ3n) is 7.86. The number of hydrogen-bond donors (Lipinski definition) is 0. The number of pyridine rings is 2. The molecule has 5 heterocycles. The summed E-state index contributed by atoms with van der Waals surface area (Å²) in [6, 6.07) is 36.1. The highest BCUT2D eigenvalue weighted by molar-refractivity contribution is 6.13. The molecule has 0 fully saturated rings. The van der Waals surface area contributed by atoms with Gasteiger partial charge in [0.05, 0.1) is 50.9 Å². The predicted molar refractivity (Wildman–Crippen MR) is 158 cm³/mol. The van der Waals surface area contributed by atoms with Gasteiger partial charge in [-0.1, -0.05) is 72.8 Å². The Balaban J connectivity index is 1.34. The molecule has 0 N–H and O–H groups in total. The minimum Gasteiger partial charge on any atom is -0.435 e. The second kappa shape index (κ2) is 7.55. The maximum absolute atomic E-state index is 6.47. The molecule has 0 saturated heterocycles. The molecule has 9 aromatic rings. The summed E-state index contributed by atoms with van der Waals surface area (Å²) in [5.74, 6) is 0. The molecule has 0 aliphatic carbocycles. The first-order valence-electron chi connectivity index (χ1n) is 13.0. The topological polar surface area (TPSA) is 48.8 Å². The maximum atomic E-state index is 6.47. The normalized spacial score (nSPS) is 12.1. The van der Waals surface area contributed by atoms with Gasteiger partial charge in [-0.25, -0.2) is 4.98 Å². The van der Waals surface area contributed by atoms with Crippen molar-refractivity contribution in [2.24, 2.45) is 0 Å². The van der Waals surface area contributed by atoms with Crippen LogP contribution in [0.3, 0.4) is 0 Å². The Morgan fingerprint density at radius 3 is 1.56 bits per heavy atom. The van der Waals surface area contributed by atoms with Crippen molar-refractivity contribution in [2.75, 3.05) is 0 Å². The highest BCUT2D eigenvalue weighted by Crippen LogP contribution is 2.38. The van der Waals surface area contributed by atoms with Crippen molar-refractivity contribution in [3.63, 3.8) is 0 Å². The van der Waals surface area contributed by atoms with Crippen molar-refractivity contribution in [3.8, 4) is 11.4 Å². The molecule has 182 valence electrons. The zero-order chi connectivity index (χ0) is 25.5. The molecule has 39 heavy (non-hydrogen) atoms. The minimum atomic E-state index is 0.601. The second-order valence-electron chi connectivity index (χ2n) is 9.92. The van der Waals surface area contributed by atoms with Gasteiger partial charge < -0.3 is 13.6 Å². The molecule has 0 amide bonds. The first-order valence-corrected chi connectivity index (χ1v) is 13.0. The summed E-state index contributed by atoms with van der Waals surface area (Å²) < 4.78 is 11.0. The highest BCUT2D eigenvalue weighted by Gasteiger charge is 2.19. The largest absolute Gasteiger partial charge is 0.435 e. The molecule has 5 nitrogen and oxygen atoms in total. The van der Waals surface area contributed by atoms with Gasteiger partial charge in [0.2, 0.25) is 5.71 Å². The maximum Gasteiger partial charge on any atom is 0.227 e. The standard InChI is InChI=1S/C34H20N4O/c1-5-13-28-22(9-1)23-10-2-6-14-29(23)37(28)21-17-26-27-19-35-20-32(33(27)39-34(26)36-18-21)38-30-15-7-3-11-24(30)25-12-4-8-16-31(25)38/h1-20H. The number of hydrogen-bond acceptors (Lipinski definition) is 3. The number of furan rings is 1. The molecular weight excluding hydrogens is 480 g/mol. The smallest absolute Gasteiger partial charge is 0.227 e. The van der Waals surface area contributed by atoms with Crippen LogP contribution in [0.5, 0.6) is 0 Å². The Labute approximate surface area is 222 Å². The van der Waals surface area contributed by atoms with E-state index in [0.29, 0.717) is 5.71 Å². The van der Waals surface area contributed by atoms with Gasteiger partial charge in [0.1, 0.15) is 5.69 Å². The van der Waals surface area contributed by atoms with Gasteiger partial charge in [0.25, 0.3) is 0 Å². The fourth-order valence-corrected chi connectivity index (χ4v) is 6.21. The van der Waals surface area contributed by atoms with Crippen LogP contribution in [0.15, 0.2) is 126 Å². The van der Waals surface area contributed by atoms with Crippen LogP contribution >= 0.6 is 0 Å². The molecule has 0 unspecified atom stereocenters. The quantitative estimate of drug-likeness (QED) is 0.239. The number of benzene rings is 4. The van der Waals surface area contributed by atoms with Crippen LogP contribution < -0.4 is 0 Å². The SMILES string of the molecule is c1ccc2c(c1)c1ccccc1n2-c1cnc2oc3c(-n4c5ccccc5c5ccccc54)cncc3c2c1. The van der Waals surface area contributed by atoms with E-state index in [1.807, 2.05) is 18.6 Å². The number of nitrogens with zero attached hydrogens (tertiary/aromatic N) is 4. The van der Waals surface area contributed by atoms with Crippen LogP contribution in [0.2, 0.25) is 0 Å². The van der Waals surface area contributed by atoms with Crippen molar-refractivity contribution in [1.29, 1.82) is 0 Å². The summed E-state index contributed by atoms with van der Waals surface area (Å²) in [6.45, 7) is 0. The predicted octanol–water partition coefficient (Wildman–Crippen LogP) is 8.57. The summed E-state index contributed by atoms with van der Waals surface area (Å²) in [4.78, 5) is 9.49. The highest BCUT2D eigenvalue weighted by atomic mass is 16.3. The van der Waals surface area contributed by atoms with E-state index in [-0.39, 0.29) is 0 Å². The molecule has 0 bridgehead atoms. The molecule has 0 radical (unpaired) electrons. The molecule has 5 heteroatoms. The van der Waals surface area contributed by atoms with E-state index < -0.39 is 0 Å². The van der Waals surface area contributed by atoms with Gasteiger partial charge in [-0.05, 0) is 30.3 Å². The molecule has 4 aromatic carbocycles. The number of rotatable bonds is 2. The molecule has 0 saturated carbocycles. The van der Waals surface area contributed by atoms with Crippen LogP contribution in [-0.2, 0) is 0 Å². The lowest BCUT2D eigenvalue weighted by atomic mass is 10.2. The minimum absolute atomic E-state index is 0.601. The number of para-hydroxylation sites is 4. The first kappa shape index (κ1) is 20.6. The van der Waals surface area contributed by atoms with E-state index in [4.69, 9.17) is 9.40 Å². The van der Waals surface area contributed by atoms with Crippen LogP contribution in [0.4, 0.5) is 0 Å². The van der Waals surface area contributed by atoms with E-state index in [0.717, 1.165) is 49.8 Å². The van der Waals surface area contributed by atoms with Crippen LogP contribution in [0, 0.1) is 0 Å². The van der Waals surface area contributed by atoms with Gasteiger partial charge in [0.15, 0.2) is 5.58 Å². The molecule has 5 aromatic heterocycles. The summed E-state index contributed by atoms with van der Waals surface area (Å²) in [7, 11) is 0. The molecule has 0 spiro atoms. The van der Waals surface area contributed by atoms with Crippen LogP contribution in [0.25, 0.3) is 77.1 Å². The van der Waals surface area contributed by atoms with Crippen molar-refractivity contribution < 1.29 is 4.42 Å². The first-order chi connectivity index (χ1) is 19.4. The van der Waals surface area contributed by atoms with Gasteiger partial charge in [-0.15, -0.1) is 0 Å². The Kier molecular flexibility index (Phi) is 3.99. The van der Waals surface area contributed by atoms with Gasteiger partial charge in [-0.2, -0.15) is 0 Å². The zero-order valence-corrected chi connectivity index (χ0v) is 20.7. The Hall–Kier alpha value is -5.42. The van der Waals surface area contributed by atoms with Crippen LogP contribution in [0.1, 0.15) is 0 Å². The van der Waals surface area contributed by atoms with E-state index in [9.17, 15) is 0 Å². The molecule has 0 atom stereocenters. The summed E-state index contributed by atoms with van der Waals surface area (Å²) >= 11 is 0. The number of fused-ring (bicyclic) bond motifs is 9. The Morgan fingerprint density at radius 1 is 0.487 bits per heavy atom. The van der Waals surface area contributed by atoms with Crippen molar-refractivity contribution in [3.05, 3.63) is 122 Å². The van der Waals surface area contributed by atoms with Crippen LogP contribution in [-0.4, -0.2) is 19.1 Å². The lowest BCUT2D eigenvalue weighted by Gasteiger charge is -2.08. The summed E-state index contributed by atoms with van der Waals surface area (Å²) in [5.41, 5.74) is 7.81. The molecular formula is C34H20N4O. The van der Waals surface area contributed by atoms with Crippen molar-refractivity contribution >= 4 is 65.7 Å². The fraction of sp³-hybridized carbons (Fsp3) is 0. The summed E-state index contributed by atoms with van der Waals surface area (Å²) in [5, 5.41) is 6.74. The second-order valence-corrected chi connectivity index (χ2v) is 9.92. The van der Waals surface area contributed by atoms with E-state index in [2.05, 4.69) is 117 Å². The van der Waals surface area contributed by atoms with Crippen molar-refractivity contribution in [1.82, 2.24) is 19.1 Å². The average molecular weight is 501 g/mol. The third kappa shape index (κ3) is 2.73. The fourth-order valence-electron chi connectivity index (χ4n) is 6.21. The summed E-state index contributed by atoms with van der Waals surface area (Å²) in [6.07, 6.45) is 5.67. The third-order valence-corrected chi connectivity index (χ3v) is 7.86. The Morgan fingerprint density at radius 2 is 1.00 bits per heavy atom. The average Bonchev–Trinajstić information content (AvgIpc) is 3.65. The van der Waals surface area contributed by atoms with Crippen molar-refractivity contribution in [2.45, 2.75) is 0 Å². The van der Waals surface area contributed by atoms with Gasteiger partial charge in [0, 0.05) is 27.7 Å². The Bertz CT molecular complexity index is 2300. The van der Waals surface area contributed by atoms with E-state index in [1.54, 1.807) is 0 Å². The molecule has 0 aliphatic rings. The van der Waals surface area contributed by atoms with E-state index in [1.165, 1.54) is 21.5 Å². The van der Waals surface area contributed by atoms with E-state index >= 15 is 0 Å². The zero-order valence-electron chi connectivity index (χ0n) is 20.7. The lowest BCUT2D eigenvalue weighted by Crippen LogP contribution is -1.95.